The van der Waals surface area contributed by atoms with Crippen molar-refractivity contribution in [2.75, 3.05) is 33.2 Å². The van der Waals surface area contributed by atoms with E-state index in [9.17, 15) is 9.90 Å². The van der Waals surface area contributed by atoms with E-state index in [0.717, 1.165) is 38.0 Å². The third kappa shape index (κ3) is 4.94. The van der Waals surface area contributed by atoms with Crippen molar-refractivity contribution < 1.29 is 9.90 Å². The smallest absolute Gasteiger partial charge is 0.308 e. The average molecular weight is 430 g/mol. The fraction of sp³-hybridized carbons (Fsp3) is 0.588. The van der Waals surface area contributed by atoms with Crippen LogP contribution in [0.2, 0.25) is 10.0 Å². The van der Waals surface area contributed by atoms with Gasteiger partial charge in [0.25, 0.3) is 0 Å². The maximum Gasteiger partial charge on any atom is 0.308 e. The molecule has 0 radical (unpaired) electrons. The first kappa shape index (κ1) is 22.8. The summed E-state index contributed by atoms with van der Waals surface area (Å²) in [4.78, 5) is 16.3. The molecule has 0 saturated carbocycles. The second-order valence-corrected chi connectivity index (χ2v) is 7.81. The monoisotopic (exact) mass is 428 g/mol. The quantitative estimate of drug-likeness (QED) is 0.786. The Balaban J connectivity index is 0.00000156. The fourth-order valence-corrected chi connectivity index (χ4v) is 4.46. The Labute approximate surface area is 171 Å². The molecule has 1 aromatic carbocycles. The van der Waals surface area contributed by atoms with Crippen molar-refractivity contribution in [1.29, 1.82) is 0 Å². The molecule has 0 amide bonds. The largest absolute Gasteiger partial charge is 0.481 e. The Kier molecular flexibility index (Phi) is 8.32. The summed E-state index contributed by atoms with van der Waals surface area (Å²) in [5.74, 6) is -0.957. The molecule has 2 aliphatic heterocycles. The first-order chi connectivity index (χ1) is 10.9. The van der Waals surface area contributed by atoms with Gasteiger partial charge in [0.15, 0.2) is 0 Å². The molecule has 2 aliphatic rings. The van der Waals surface area contributed by atoms with Gasteiger partial charge in [-0.25, -0.2) is 0 Å². The van der Waals surface area contributed by atoms with E-state index >= 15 is 0 Å². The average Bonchev–Trinajstić information content (AvgIpc) is 2.84. The minimum Gasteiger partial charge on any atom is -0.481 e. The molecule has 3 rings (SSSR count). The lowest BCUT2D eigenvalue weighted by atomic mass is 9.71. The Hall–Kier alpha value is -0.230. The lowest BCUT2D eigenvalue weighted by Gasteiger charge is -2.40. The van der Waals surface area contributed by atoms with E-state index in [1.807, 2.05) is 12.1 Å². The molecule has 1 aromatic rings. The molecular formula is C17H24Cl4N2O2. The van der Waals surface area contributed by atoms with E-state index in [1.54, 1.807) is 6.07 Å². The van der Waals surface area contributed by atoms with Crippen LogP contribution in [-0.2, 0) is 11.3 Å². The van der Waals surface area contributed by atoms with E-state index in [2.05, 4.69) is 16.8 Å². The summed E-state index contributed by atoms with van der Waals surface area (Å²) in [7, 11) is 2.10. The Morgan fingerprint density at radius 1 is 1.28 bits per heavy atom. The fourth-order valence-electron chi connectivity index (χ4n) is 3.99. The number of rotatable bonds is 3. The molecule has 1 N–H and O–H groups in total. The third-order valence-electron chi connectivity index (χ3n) is 5.41. The number of carbonyl (C=O) groups is 1. The van der Waals surface area contributed by atoms with Gasteiger partial charge in [-0.15, -0.1) is 24.8 Å². The molecule has 2 fully saturated rings. The van der Waals surface area contributed by atoms with Crippen molar-refractivity contribution in [3.63, 3.8) is 0 Å². The van der Waals surface area contributed by atoms with Gasteiger partial charge in [-0.1, -0.05) is 29.3 Å². The van der Waals surface area contributed by atoms with Crippen LogP contribution in [0.5, 0.6) is 0 Å². The van der Waals surface area contributed by atoms with Crippen LogP contribution in [0.15, 0.2) is 18.2 Å². The topological polar surface area (TPSA) is 43.8 Å². The maximum atomic E-state index is 11.8. The van der Waals surface area contributed by atoms with Crippen LogP contribution in [0.1, 0.15) is 18.4 Å². The number of benzene rings is 1. The Morgan fingerprint density at radius 2 is 1.92 bits per heavy atom. The lowest BCUT2D eigenvalue weighted by molar-refractivity contribution is -0.145. The predicted octanol–water partition coefficient (Wildman–Crippen LogP) is 4.07. The number of carboxylic acids is 1. The van der Waals surface area contributed by atoms with Gasteiger partial charge >= 0.3 is 5.97 Å². The summed E-state index contributed by atoms with van der Waals surface area (Å²) in [5, 5.41) is 11.0. The van der Waals surface area contributed by atoms with Crippen molar-refractivity contribution in [3.05, 3.63) is 33.8 Å². The molecule has 1 unspecified atom stereocenters. The van der Waals surface area contributed by atoms with Crippen molar-refractivity contribution >= 4 is 54.0 Å². The highest BCUT2D eigenvalue weighted by atomic mass is 35.5. The van der Waals surface area contributed by atoms with E-state index < -0.39 is 5.97 Å². The number of halogens is 4. The van der Waals surface area contributed by atoms with Crippen LogP contribution < -0.4 is 0 Å². The number of hydrogen-bond donors (Lipinski definition) is 1. The number of carboxylic acid groups (broad SMARTS) is 1. The summed E-state index contributed by atoms with van der Waals surface area (Å²) < 4.78 is 0. The first-order valence-corrected chi connectivity index (χ1v) is 8.73. The molecule has 25 heavy (non-hydrogen) atoms. The van der Waals surface area contributed by atoms with Gasteiger partial charge in [-0.2, -0.15) is 0 Å². The first-order valence-electron chi connectivity index (χ1n) is 7.97. The Bertz CT molecular complexity index is 606. The zero-order chi connectivity index (χ0) is 16.6. The molecule has 0 aromatic heterocycles. The third-order valence-corrected chi connectivity index (χ3v) is 6.00. The number of piperidine rings is 1. The maximum absolute atomic E-state index is 11.8. The molecule has 2 heterocycles. The highest BCUT2D eigenvalue weighted by molar-refractivity contribution is 6.35. The van der Waals surface area contributed by atoms with Gasteiger partial charge < -0.3 is 10.0 Å². The standard InChI is InChI=1S/C17H22Cl2N2O2.2ClH/c1-20-6-4-17(5-7-20)11-21(10-14(17)16(22)23)9-12-2-3-13(18)8-15(12)19;;/h2-3,8,14H,4-7,9-11H2,1H3,(H,22,23);2*1H. The minimum absolute atomic E-state index is 0. The molecule has 2 saturated heterocycles. The molecule has 1 spiro atoms. The Morgan fingerprint density at radius 3 is 2.48 bits per heavy atom. The number of aliphatic carboxylic acids is 1. The van der Waals surface area contributed by atoms with Gasteiger partial charge in [0.2, 0.25) is 0 Å². The zero-order valence-electron chi connectivity index (χ0n) is 14.1. The van der Waals surface area contributed by atoms with Crippen molar-refractivity contribution in [2.24, 2.45) is 11.3 Å². The summed E-state index contributed by atoms with van der Waals surface area (Å²) in [6.45, 7) is 4.05. The number of likely N-dealkylation sites (tertiary alicyclic amines) is 2. The van der Waals surface area contributed by atoms with Gasteiger partial charge in [-0.3, -0.25) is 9.69 Å². The number of nitrogens with zero attached hydrogens (tertiary/aromatic N) is 2. The van der Waals surface area contributed by atoms with E-state index in [-0.39, 0.29) is 36.1 Å². The van der Waals surface area contributed by atoms with Crippen LogP contribution >= 0.6 is 48.0 Å². The summed E-state index contributed by atoms with van der Waals surface area (Å²) in [5.41, 5.74) is 0.905. The van der Waals surface area contributed by atoms with Crippen LogP contribution in [0.3, 0.4) is 0 Å². The van der Waals surface area contributed by atoms with Gasteiger partial charge in [0.05, 0.1) is 5.92 Å². The van der Waals surface area contributed by atoms with E-state index in [0.29, 0.717) is 23.1 Å². The SMILES string of the molecule is CN1CCC2(CC1)CN(Cc1ccc(Cl)cc1Cl)CC2C(=O)O.Cl.Cl. The molecular weight excluding hydrogens is 406 g/mol. The molecule has 4 nitrogen and oxygen atoms in total. The van der Waals surface area contributed by atoms with E-state index in [4.69, 9.17) is 23.2 Å². The van der Waals surface area contributed by atoms with Crippen LogP contribution in [0, 0.1) is 11.3 Å². The van der Waals surface area contributed by atoms with E-state index in [1.165, 1.54) is 0 Å². The predicted molar refractivity (Wildman–Crippen MR) is 107 cm³/mol. The van der Waals surface area contributed by atoms with Gasteiger partial charge in [0, 0.05) is 35.1 Å². The summed E-state index contributed by atoms with van der Waals surface area (Å²) in [6.07, 6.45) is 1.90. The normalized spacial score (nSPS) is 23.1. The highest BCUT2D eigenvalue weighted by Crippen LogP contribution is 2.45. The summed E-state index contributed by atoms with van der Waals surface area (Å²) in [6, 6.07) is 5.51. The minimum atomic E-state index is -0.667. The summed E-state index contributed by atoms with van der Waals surface area (Å²) >= 11 is 12.2. The second-order valence-electron chi connectivity index (χ2n) is 6.96. The molecule has 0 bridgehead atoms. The van der Waals surface area contributed by atoms with Crippen molar-refractivity contribution in [1.82, 2.24) is 9.80 Å². The second kappa shape index (κ2) is 9.12. The van der Waals surface area contributed by atoms with Crippen LogP contribution in [0.25, 0.3) is 0 Å². The highest BCUT2D eigenvalue weighted by Gasteiger charge is 2.50. The van der Waals surface area contributed by atoms with Crippen LogP contribution in [-0.4, -0.2) is 54.1 Å². The molecule has 1 atom stereocenters. The number of hydrogen-bond acceptors (Lipinski definition) is 3. The lowest BCUT2D eigenvalue weighted by Crippen LogP contribution is -2.44. The van der Waals surface area contributed by atoms with Gasteiger partial charge in [0.1, 0.15) is 0 Å². The zero-order valence-corrected chi connectivity index (χ0v) is 17.2. The molecule has 0 aliphatic carbocycles. The molecule has 142 valence electrons. The van der Waals surface area contributed by atoms with Gasteiger partial charge in [-0.05, 0) is 50.7 Å². The van der Waals surface area contributed by atoms with Crippen molar-refractivity contribution in [3.8, 4) is 0 Å². The van der Waals surface area contributed by atoms with Crippen molar-refractivity contribution in [2.45, 2.75) is 19.4 Å². The molecule has 8 heteroatoms. The van der Waals surface area contributed by atoms with Crippen LogP contribution in [0.4, 0.5) is 0 Å².